The quantitative estimate of drug-likeness (QED) is 0.414. The summed E-state index contributed by atoms with van der Waals surface area (Å²) in [6.45, 7) is 2.02. The SMILES string of the molecule is CN(C/C=C/C(=O)N1CCc2c(sc3ncnc(Nc4ccc(F)c(Cl)c4)c23)C1)C1CCCCC1. The number of aromatic nitrogens is 2. The number of hydrogen-bond acceptors (Lipinski definition) is 6. The number of halogens is 2. The van der Waals surface area contributed by atoms with Crippen LogP contribution in [0, 0.1) is 5.82 Å². The number of benzene rings is 1. The van der Waals surface area contributed by atoms with Gasteiger partial charge in [-0.05, 0) is 50.1 Å². The van der Waals surface area contributed by atoms with Crippen LogP contribution in [0.15, 0.2) is 36.7 Å². The van der Waals surface area contributed by atoms with Gasteiger partial charge in [-0.2, -0.15) is 0 Å². The lowest BCUT2D eigenvalue weighted by Crippen LogP contribution is -2.35. The second-order valence-electron chi connectivity index (χ2n) is 9.30. The number of thiophene rings is 1. The molecule has 5 rings (SSSR count). The number of fused-ring (bicyclic) bond motifs is 3. The van der Waals surface area contributed by atoms with Gasteiger partial charge in [-0.25, -0.2) is 14.4 Å². The van der Waals surface area contributed by atoms with E-state index in [1.165, 1.54) is 50.1 Å². The molecule has 0 saturated heterocycles. The van der Waals surface area contributed by atoms with Crippen molar-refractivity contribution >= 4 is 50.6 Å². The first-order valence-corrected chi connectivity index (χ1v) is 13.3. The molecule has 1 fully saturated rings. The van der Waals surface area contributed by atoms with Crippen molar-refractivity contribution in [3.63, 3.8) is 0 Å². The lowest BCUT2D eigenvalue weighted by Gasteiger charge is -2.30. The van der Waals surface area contributed by atoms with Crippen LogP contribution in [0.25, 0.3) is 10.2 Å². The molecule has 0 atom stereocenters. The highest BCUT2D eigenvalue weighted by atomic mass is 35.5. The van der Waals surface area contributed by atoms with Gasteiger partial charge in [0.1, 0.15) is 22.8 Å². The Morgan fingerprint density at radius 1 is 1.31 bits per heavy atom. The van der Waals surface area contributed by atoms with Crippen molar-refractivity contribution in [2.75, 3.05) is 25.5 Å². The van der Waals surface area contributed by atoms with Crippen LogP contribution in [0.5, 0.6) is 0 Å². The zero-order chi connectivity index (χ0) is 24.4. The molecule has 0 bridgehead atoms. The minimum atomic E-state index is -0.461. The molecule has 1 N–H and O–H groups in total. The molecule has 0 unspecified atom stereocenters. The number of hydrogen-bond donors (Lipinski definition) is 1. The summed E-state index contributed by atoms with van der Waals surface area (Å²) in [5, 5.41) is 4.28. The zero-order valence-electron chi connectivity index (χ0n) is 19.8. The van der Waals surface area contributed by atoms with E-state index in [1.807, 2.05) is 11.0 Å². The highest BCUT2D eigenvalue weighted by Crippen LogP contribution is 2.38. The van der Waals surface area contributed by atoms with Crippen molar-refractivity contribution in [2.45, 2.75) is 51.1 Å². The van der Waals surface area contributed by atoms with Crippen LogP contribution in [0.1, 0.15) is 42.5 Å². The fraction of sp³-hybridized carbons (Fsp3) is 0.423. The van der Waals surface area contributed by atoms with Crippen LogP contribution < -0.4 is 5.32 Å². The number of likely N-dealkylation sites (N-methyl/N-ethyl adjacent to an activating group) is 1. The summed E-state index contributed by atoms with van der Waals surface area (Å²) in [4.78, 5) is 28.1. The first kappa shape index (κ1) is 24.2. The third-order valence-electron chi connectivity index (χ3n) is 6.98. The standard InChI is InChI=1S/C26H29ClFN5OS/c1-32(18-6-3-2-4-7-18)12-5-8-23(34)33-13-11-19-22(15-33)35-26-24(19)25(29-16-30-26)31-17-9-10-21(28)20(27)14-17/h5,8-10,14,16,18H,2-4,6-7,11-13,15H2,1H3,(H,29,30,31)/b8-5+. The lowest BCUT2D eigenvalue weighted by molar-refractivity contribution is -0.126. The molecule has 2 aliphatic rings. The van der Waals surface area contributed by atoms with Gasteiger partial charge in [0.25, 0.3) is 0 Å². The zero-order valence-corrected chi connectivity index (χ0v) is 21.3. The Bertz CT molecular complexity index is 1260. The summed E-state index contributed by atoms with van der Waals surface area (Å²) in [6.07, 6.45) is 12.5. The molecule has 6 nitrogen and oxygen atoms in total. The van der Waals surface area contributed by atoms with E-state index in [0.717, 1.165) is 28.1 Å². The highest BCUT2D eigenvalue weighted by molar-refractivity contribution is 7.19. The Hall–Kier alpha value is -2.55. The molecular formula is C26H29ClFN5OS. The summed E-state index contributed by atoms with van der Waals surface area (Å²) in [5.74, 6) is 0.258. The number of nitrogens with one attached hydrogen (secondary N) is 1. The highest BCUT2D eigenvalue weighted by Gasteiger charge is 2.26. The van der Waals surface area contributed by atoms with Crippen LogP contribution in [0.3, 0.4) is 0 Å². The van der Waals surface area contributed by atoms with Gasteiger partial charge in [0, 0.05) is 35.8 Å². The summed E-state index contributed by atoms with van der Waals surface area (Å²) in [6, 6.07) is 5.14. The van der Waals surface area contributed by atoms with E-state index in [4.69, 9.17) is 11.6 Å². The molecule has 3 aromatic rings. The third-order valence-corrected chi connectivity index (χ3v) is 8.40. The Balaban J connectivity index is 1.27. The maximum absolute atomic E-state index is 13.5. The Kier molecular flexibility index (Phi) is 7.32. The minimum Gasteiger partial charge on any atom is -0.340 e. The molecule has 35 heavy (non-hydrogen) atoms. The van der Waals surface area contributed by atoms with E-state index < -0.39 is 5.82 Å². The van der Waals surface area contributed by atoms with Gasteiger partial charge in [0.05, 0.1) is 17.0 Å². The number of rotatable bonds is 6. The van der Waals surface area contributed by atoms with Gasteiger partial charge in [0.15, 0.2) is 0 Å². The van der Waals surface area contributed by atoms with Crippen molar-refractivity contribution in [3.8, 4) is 0 Å². The van der Waals surface area contributed by atoms with Crippen molar-refractivity contribution < 1.29 is 9.18 Å². The number of amides is 1. The normalized spacial score (nSPS) is 16.9. The second kappa shape index (κ2) is 10.6. The van der Waals surface area contributed by atoms with Crippen molar-refractivity contribution in [1.82, 2.24) is 19.8 Å². The van der Waals surface area contributed by atoms with Crippen LogP contribution >= 0.6 is 22.9 Å². The predicted octanol–water partition coefficient (Wildman–Crippen LogP) is 5.93. The summed E-state index contributed by atoms with van der Waals surface area (Å²) < 4.78 is 13.5. The predicted molar refractivity (Wildman–Crippen MR) is 140 cm³/mol. The smallest absolute Gasteiger partial charge is 0.246 e. The molecule has 0 spiro atoms. The Morgan fingerprint density at radius 2 is 2.14 bits per heavy atom. The van der Waals surface area contributed by atoms with E-state index in [2.05, 4.69) is 27.2 Å². The number of anilines is 2. The molecule has 1 aliphatic carbocycles. The summed E-state index contributed by atoms with van der Waals surface area (Å²) in [7, 11) is 2.15. The molecule has 1 aliphatic heterocycles. The lowest BCUT2D eigenvalue weighted by atomic mass is 9.94. The molecule has 1 aromatic carbocycles. The van der Waals surface area contributed by atoms with E-state index in [9.17, 15) is 9.18 Å². The molecule has 1 amide bonds. The van der Waals surface area contributed by atoms with Gasteiger partial charge in [0.2, 0.25) is 5.91 Å². The van der Waals surface area contributed by atoms with Crippen molar-refractivity contribution in [2.24, 2.45) is 0 Å². The van der Waals surface area contributed by atoms with Gasteiger partial charge in [-0.3, -0.25) is 9.69 Å². The van der Waals surface area contributed by atoms with Crippen LogP contribution in [-0.2, 0) is 17.8 Å². The molecule has 0 radical (unpaired) electrons. The van der Waals surface area contributed by atoms with E-state index in [-0.39, 0.29) is 10.9 Å². The number of carbonyl (C=O) groups is 1. The van der Waals surface area contributed by atoms with E-state index >= 15 is 0 Å². The molecule has 184 valence electrons. The van der Waals surface area contributed by atoms with Gasteiger partial charge in [-0.1, -0.05) is 36.9 Å². The molecular weight excluding hydrogens is 485 g/mol. The van der Waals surface area contributed by atoms with Gasteiger partial charge < -0.3 is 10.2 Å². The average molecular weight is 514 g/mol. The fourth-order valence-electron chi connectivity index (χ4n) is 5.02. The molecule has 2 aromatic heterocycles. The second-order valence-corrected chi connectivity index (χ2v) is 10.8. The molecule has 3 heterocycles. The summed E-state index contributed by atoms with van der Waals surface area (Å²) >= 11 is 7.54. The monoisotopic (exact) mass is 513 g/mol. The first-order chi connectivity index (χ1) is 17.0. The summed E-state index contributed by atoms with van der Waals surface area (Å²) in [5.41, 5.74) is 1.83. The van der Waals surface area contributed by atoms with Crippen molar-refractivity contribution in [3.05, 3.63) is 58.0 Å². The maximum atomic E-state index is 13.5. The first-order valence-electron chi connectivity index (χ1n) is 12.1. The average Bonchev–Trinajstić information content (AvgIpc) is 3.25. The van der Waals surface area contributed by atoms with Gasteiger partial charge in [-0.15, -0.1) is 11.3 Å². The Labute approximate surface area is 213 Å². The topological polar surface area (TPSA) is 61.4 Å². The van der Waals surface area contributed by atoms with Crippen LogP contribution in [0.2, 0.25) is 5.02 Å². The Morgan fingerprint density at radius 3 is 2.94 bits per heavy atom. The van der Waals surface area contributed by atoms with E-state index in [0.29, 0.717) is 30.6 Å². The van der Waals surface area contributed by atoms with E-state index in [1.54, 1.807) is 29.5 Å². The van der Waals surface area contributed by atoms with Gasteiger partial charge >= 0.3 is 0 Å². The van der Waals surface area contributed by atoms with Crippen LogP contribution in [0.4, 0.5) is 15.9 Å². The van der Waals surface area contributed by atoms with Crippen molar-refractivity contribution in [1.29, 1.82) is 0 Å². The molecule has 1 saturated carbocycles. The maximum Gasteiger partial charge on any atom is 0.246 e. The largest absolute Gasteiger partial charge is 0.340 e. The van der Waals surface area contributed by atoms with Crippen LogP contribution in [-0.4, -0.2) is 51.9 Å². The number of carbonyl (C=O) groups excluding carboxylic acids is 1. The third kappa shape index (κ3) is 5.34. The number of nitrogens with zero attached hydrogens (tertiary/aromatic N) is 4. The minimum absolute atomic E-state index is 0.0514. The fourth-order valence-corrected chi connectivity index (χ4v) is 6.40. The molecule has 9 heteroatoms.